The van der Waals surface area contributed by atoms with Crippen LogP contribution in [-0.4, -0.2) is 25.6 Å². The first kappa shape index (κ1) is 30.0. The molecule has 0 aliphatic heterocycles. The third kappa shape index (κ3) is 8.75. The van der Waals surface area contributed by atoms with Gasteiger partial charge in [-0.3, -0.25) is 19.5 Å². The number of benzene rings is 3. The van der Waals surface area contributed by atoms with Crippen molar-refractivity contribution in [1.82, 2.24) is 20.1 Å². The van der Waals surface area contributed by atoms with Gasteiger partial charge in [0.25, 0.3) is 5.69 Å². The molecule has 8 nitrogen and oxygen atoms in total. The van der Waals surface area contributed by atoms with Crippen molar-refractivity contribution in [2.45, 2.75) is 75.7 Å². The number of hydrogen-bond acceptors (Lipinski definition) is 6. The molecule has 1 N–H and O–H groups in total. The van der Waals surface area contributed by atoms with Gasteiger partial charge in [0.2, 0.25) is 5.91 Å². The van der Waals surface area contributed by atoms with Gasteiger partial charge in [-0.1, -0.05) is 105 Å². The summed E-state index contributed by atoms with van der Waals surface area (Å²) in [6.45, 7) is 4.24. The Morgan fingerprint density at radius 1 is 0.951 bits per heavy atom. The zero-order chi connectivity index (χ0) is 29.0. The van der Waals surface area contributed by atoms with E-state index in [1.807, 2.05) is 41.0 Å². The summed E-state index contributed by atoms with van der Waals surface area (Å²) in [5.74, 6) is 1.25. The van der Waals surface area contributed by atoms with Gasteiger partial charge >= 0.3 is 0 Å². The van der Waals surface area contributed by atoms with Gasteiger partial charge in [0.15, 0.2) is 11.0 Å². The molecule has 1 heterocycles. The van der Waals surface area contributed by atoms with Gasteiger partial charge in [0, 0.05) is 30.0 Å². The van der Waals surface area contributed by atoms with E-state index in [1.54, 1.807) is 23.9 Å². The van der Waals surface area contributed by atoms with Gasteiger partial charge in [0.1, 0.15) is 0 Å². The summed E-state index contributed by atoms with van der Waals surface area (Å²) in [5.41, 5.74) is 4.12. The van der Waals surface area contributed by atoms with Crippen LogP contribution < -0.4 is 5.32 Å². The standard InChI is InChI=1S/C32H37N5O3S/c1-3-4-5-6-10-16-30(38)33-29(22-25-13-8-7-9-14-25)31-34-35-32(41-23-26-15-11-12-24(2)21-26)36(31)27-17-19-28(20-18-27)37(39)40/h7-9,11-15,17-21,29H,3-6,10,16,22-23H2,1-2H3,(H,33,38)/t29-/m1/s1. The fourth-order valence-corrected chi connectivity index (χ4v) is 5.63. The highest BCUT2D eigenvalue weighted by Gasteiger charge is 2.25. The third-order valence-corrected chi connectivity index (χ3v) is 7.86. The Kier molecular flexibility index (Phi) is 11.1. The summed E-state index contributed by atoms with van der Waals surface area (Å²) in [7, 11) is 0. The lowest BCUT2D eigenvalue weighted by Crippen LogP contribution is -2.31. The predicted octanol–water partition coefficient (Wildman–Crippen LogP) is 7.54. The molecule has 0 saturated heterocycles. The number of nitro benzene ring substituents is 1. The second kappa shape index (κ2) is 15.1. The minimum Gasteiger partial charge on any atom is -0.346 e. The quantitative estimate of drug-likeness (QED) is 0.0684. The molecule has 0 aliphatic rings. The molecule has 4 aromatic rings. The van der Waals surface area contributed by atoms with Crippen molar-refractivity contribution in [2.24, 2.45) is 0 Å². The van der Waals surface area contributed by atoms with Crippen LogP contribution in [0.5, 0.6) is 0 Å². The van der Waals surface area contributed by atoms with Crippen molar-refractivity contribution >= 4 is 23.4 Å². The van der Waals surface area contributed by atoms with Crippen molar-refractivity contribution < 1.29 is 9.72 Å². The predicted molar refractivity (Wildman–Crippen MR) is 163 cm³/mol. The molecule has 9 heteroatoms. The van der Waals surface area contributed by atoms with Crippen LogP contribution in [0.1, 0.15) is 74.0 Å². The number of non-ortho nitro benzene ring substituents is 1. The Morgan fingerprint density at radius 2 is 1.68 bits per heavy atom. The van der Waals surface area contributed by atoms with E-state index in [0.717, 1.165) is 36.8 Å². The van der Waals surface area contributed by atoms with E-state index >= 15 is 0 Å². The zero-order valence-corrected chi connectivity index (χ0v) is 24.5. The lowest BCUT2D eigenvalue weighted by Gasteiger charge is -2.20. The largest absolute Gasteiger partial charge is 0.346 e. The molecule has 1 amide bonds. The van der Waals surface area contributed by atoms with Crippen LogP contribution in [0.3, 0.4) is 0 Å². The van der Waals surface area contributed by atoms with Crippen molar-refractivity contribution in [3.63, 3.8) is 0 Å². The highest BCUT2D eigenvalue weighted by molar-refractivity contribution is 7.98. The molecule has 0 saturated carbocycles. The number of aromatic nitrogens is 3. The smallest absolute Gasteiger partial charge is 0.269 e. The summed E-state index contributed by atoms with van der Waals surface area (Å²) in [5, 5.41) is 24.3. The number of unbranched alkanes of at least 4 members (excludes halogenated alkanes) is 4. The number of carbonyl (C=O) groups excluding carboxylic acids is 1. The number of nitrogens with zero attached hydrogens (tertiary/aromatic N) is 4. The first-order chi connectivity index (χ1) is 19.9. The van der Waals surface area contributed by atoms with E-state index in [4.69, 9.17) is 0 Å². The van der Waals surface area contributed by atoms with E-state index < -0.39 is 11.0 Å². The third-order valence-electron chi connectivity index (χ3n) is 6.86. The molecular formula is C32H37N5O3S. The van der Waals surface area contributed by atoms with E-state index in [9.17, 15) is 14.9 Å². The summed E-state index contributed by atoms with van der Waals surface area (Å²) in [6, 6.07) is 24.2. The lowest BCUT2D eigenvalue weighted by molar-refractivity contribution is -0.384. The minimum atomic E-state index is -0.434. The van der Waals surface area contributed by atoms with Crippen LogP contribution in [0, 0.1) is 17.0 Å². The maximum Gasteiger partial charge on any atom is 0.269 e. The molecule has 0 radical (unpaired) electrons. The fourth-order valence-electron chi connectivity index (χ4n) is 4.73. The molecule has 0 aliphatic carbocycles. The summed E-state index contributed by atoms with van der Waals surface area (Å²) < 4.78 is 1.92. The van der Waals surface area contributed by atoms with E-state index in [-0.39, 0.29) is 11.6 Å². The van der Waals surface area contributed by atoms with Gasteiger partial charge in [-0.05, 0) is 43.0 Å². The Balaban J connectivity index is 1.66. The lowest BCUT2D eigenvalue weighted by atomic mass is 10.0. The Hall–Kier alpha value is -3.98. The number of nitro groups is 1. The van der Waals surface area contributed by atoms with E-state index in [2.05, 4.69) is 47.6 Å². The average Bonchev–Trinajstić information content (AvgIpc) is 3.40. The molecule has 1 aromatic heterocycles. The number of nitrogens with one attached hydrogen (secondary N) is 1. The molecule has 0 bridgehead atoms. The molecule has 41 heavy (non-hydrogen) atoms. The number of amides is 1. The molecule has 0 spiro atoms. The van der Waals surface area contributed by atoms with E-state index in [0.29, 0.717) is 35.3 Å². The topological polar surface area (TPSA) is 103 Å². The highest BCUT2D eigenvalue weighted by Crippen LogP contribution is 2.30. The van der Waals surface area contributed by atoms with Crippen LogP contribution in [0.25, 0.3) is 5.69 Å². The highest BCUT2D eigenvalue weighted by atomic mass is 32.2. The van der Waals surface area contributed by atoms with Crippen LogP contribution in [0.2, 0.25) is 0 Å². The minimum absolute atomic E-state index is 0.00884. The number of carbonyl (C=O) groups is 1. The van der Waals surface area contributed by atoms with Crippen LogP contribution >= 0.6 is 11.8 Å². The molecule has 1 atom stereocenters. The summed E-state index contributed by atoms with van der Waals surface area (Å²) in [4.78, 5) is 24.0. The second-order valence-electron chi connectivity index (χ2n) is 10.2. The molecule has 3 aromatic carbocycles. The van der Waals surface area contributed by atoms with Gasteiger partial charge in [-0.25, -0.2) is 0 Å². The summed E-state index contributed by atoms with van der Waals surface area (Å²) in [6.07, 6.45) is 6.34. The average molecular weight is 572 g/mol. The van der Waals surface area contributed by atoms with Crippen molar-refractivity contribution in [3.8, 4) is 5.69 Å². The van der Waals surface area contributed by atoms with Crippen LogP contribution in [-0.2, 0) is 17.0 Å². The van der Waals surface area contributed by atoms with Crippen molar-refractivity contribution in [3.05, 3.63) is 111 Å². The van der Waals surface area contributed by atoms with Crippen molar-refractivity contribution in [2.75, 3.05) is 0 Å². The normalized spacial score (nSPS) is 11.8. The maximum absolute atomic E-state index is 13.1. The van der Waals surface area contributed by atoms with Crippen LogP contribution in [0.4, 0.5) is 5.69 Å². The number of aryl methyl sites for hydroxylation is 1. The molecular weight excluding hydrogens is 534 g/mol. The zero-order valence-electron chi connectivity index (χ0n) is 23.7. The Labute approximate surface area is 245 Å². The molecule has 0 fully saturated rings. The van der Waals surface area contributed by atoms with Gasteiger partial charge in [0.05, 0.1) is 11.0 Å². The number of hydrogen-bond donors (Lipinski definition) is 1. The van der Waals surface area contributed by atoms with Crippen molar-refractivity contribution in [1.29, 1.82) is 0 Å². The fraction of sp³-hybridized carbons (Fsp3) is 0.344. The summed E-state index contributed by atoms with van der Waals surface area (Å²) >= 11 is 1.54. The Bertz CT molecular complexity index is 1420. The number of thioether (sulfide) groups is 1. The molecule has 214 valence electrons. The number of rotatable bonds is 15. The van der Waals surface area contributed by atoms with E-state index in [1.165, 1.54) is 24.1 Å². The SMILES string of the molecule is CCCCCCCC(=O)N[C@H](Cc1ccccc1)c1nnc(SCc2cccc(C)c2)n1-c1ccc([N+](=O)[O-])cc1. The molecule has 4 rings (SSSR count). The maximum atomic E-state index is 13.1. The van der Waals surface area contributed by atoms with Gasteiger partial charge < -0.3 is 5.32 Å². The first-order valence-corrected chi connectivity index (χ1v) is 15.1. The first-order valence-electron chi connectivity index (χ1n) is 14.2. The molecule has 0 unspecified atom stereocenters. The Morgan fingerprint density at radius 3 is 2.39 bits per heavy atom. The second-order valence-corrected chi connectivity index (χ2v) is 11.1. The van der Waals surface area contributed by atoms with Gasteiger partial charge in [-0.15, -0.1) is 10.2 Å². The van der Waals surface area contributed by atoms with Gasteiger partial charge in [-0.2, -0.15) is 0 Å². The monoisotopic (exact) mass is 571 g/mol. The van der Waals surface area contributed by atoms with Crippen LogP contribution in [0.15, 0.2) is 84.0 Å².